The zero-order valence-corrected chi connectivity index (χ0v) is 33.3. The van der Waals surface area contributed by atoms with Gasteiger partial charge in [-0.2, -0.15) is 0 Å². The van der Waals surface area contributed by atoms with Crippen LogP contribution in [0.1, 0.15) is 226 Å². The Morgan fingerprint density at radius 1 is 0.469 bits per heavy atom. The molecule has 0 aliphatic heterocycles. The van der Waals surface area contributed by atoms with Gasteiger partial charge in [-0.25, -0.2) is 0 Å². The molecule has 6 heteroatoms. The van der Waals surface area contributed by atoms with E-state index in [2.05, 4.69) is 25.7 Å². The average molecular weight is 696 g/mol. The Hall–Kier alpha value is -1.14. The van der Waals surface area contributed by atoms with Crippen LogP contribution in [-0.2, 0) is 19.1 Å². The van der Waals surface area contributed by atoms with Crippen LogP contribution in [0.4, 0.5) is 0 Å². The number of carbonyl (C=O) groups is 2. The van der Waals surface area contributed by atoms with Crippen LogP contribution in [0, 0.1) is 0 Å². The second kappa shape index (κ2) is 39.6. The number of aliphatic hydroxyl groups is 1. The van der Waals surface area contributed by atoms with Crippen molar-refractivity contribution in [2.45, 2.75) is 232 Å². The normalized spacial score (nSPS) is 11.6. The highest BCUT2D eigenvalue weighted by Crippen LogP contribution is 2.18. The first-order chi connectivity index (χ1) is 24.1. The van der Waals surface area contributed by atoms with Gasteiger partial charge in [-0.1, -0.05) is 156 Å². The summed E-state index contributed by atoms with van der Waals surface area (Å²) in [7, 11) is 0. The largest absolute Gasteiger partial charge is 0.466 e. The van der Waals surface area contributed by atoms with Gasteiger partial charge in [0.05, 0.1) is 13.2 Å². The molecule has 0 unspecified atom stereocenters. The van der Waals surface area contributed by atoms with Gasteiger partial charge in [0, 0.05) is 19.4 Å². The van der Waals surface area contributed by atoms with E-state index in [-0.39, 0.29) is 24.6 Å². The molecule has 0 spiro atoms. The monoisotopic (exact) mass is 696 g/mol. The van der Waals surface area contributed by atoms with Crippen molar-refractivity contribution in [2.75, 3.05) is 32.8 Å². The zero-order valence-electron chi connectivity index (χ0n) is 33.3. The summed E-state index contributed by atoms with van der Waals surface area (Å²) < 4.78 is 11.3. The molecule has 1 N–H and O–H groups in total. The zero-order chi connectivity index (χ0) is 35.9. The highest BCUT2D eigenvalue weighted by molar-refractivity contribution is 5.69. The molecule has 0 atom stereocenters. The number of carbonyl (C=O) groups excluding carboxylic acids is 2. The topological polar surface area (TPSA) is 76.1 Å². The number of esters is 2. The number of unbranched alkanes of at least 4 members (excludes halogenated alkanes) is 23. The Kier molecular flexibility index (Phi) is 38.7. The highest BCUT2D eigenvalue weighted by Gasteiger charge is 2.14. The number of ether oxygens (including phenoxy) is 2. The second-order valence-corrected chi connectivity index (χ2v) is 14.8. The van der Waals surface area contributed by atoms with Gasteiger partial charge in [0.2, 0.25) is 0 Å². The third-order valence-electron chi connectivity index (χ3n) is 9.95. The molecule has 49 heavy (non-hydrogen) atoms. The number of hydrogen-bond donors (Lipinski definition) is 1. The summed E-state index contributed by atoms with van der Waals surface area (Å²) in [5, 5.41) is 9.52. The first-order valence-electron chi connectivity index (χ1n) is 21.8. The van der Waals surface area contributed by atoms with E-state index in [0.717, 1.165) is 64.6 Å². The van der Waals surface area contributed by atoms with Gasteiger partial charge in [0.25, 0.3) is 0 Å². The third-order valence-corrected chi connectivity index (χ3v) is 9.95. The maximum Gasteiger partial charge on any atom is 0.306 e. The Morgan fingerprint density at radius 2 is 0.857 bits per heavy atom. The fourth-order valence-electron chi connectivity index (χ4n) is 6.70. The minimum Gasteiger partial charge on any atom is -0.466 e. The molecule has 0 amide bonds. The number of rotatable bonds is 40. The molecule has 0 heterocycles. The Bertz CT molecular complexity index is 675. The molecule has 0 saturated heterocycles. The summed E-state index contributed by atoms with van der Waals surface area (Å²) in [4.78, 5) is 26.8. The van der Waals surface area contributed by atoms with Crippen LogP contribution in [0.15, 0.2) is 0 Å². The van der Waals surface area contributed by atoms with E-state index in [1.54, 1.807) is 0 Å². The van der Waals surface area contributed by atoms with Crippen molar-refractivity contribution < 1.29 is 24.2 Å². The predicted octanol–water partition coefficient (Wildman–Crippen LogP) is 12.3. The van der Waals surface area contributed by atoms with E-state index in [1.807, 2.05) is 0 Å². The van der Waals surface area contributed by atoms with E-state index >= 15 is 0 Å². The molecule has 6 nitrogen and oxygen atoms in total. The van der Waals surface area contributed by atoms with E-state index in [0.29, 0.717) is 19.4 Å². The van der Waals surface area contributed by atoms with E-state index in [4.69, 9.17) is 9.47 Å². The molecule has 0 bridgehead atoms. The van der Waals surface area contributed by atoms with Crippen molar-refractivity contribution >= 4 is 11.9 Å². The molecule has 0 radical (unpaired) electrons. The fraction of sp³-hybridized carbons (Fsp3) is 0.953. The molecule has 0 fully saturated rings. The summed E-state index contributed by atoms with van der Waals surface area (Å²) in [6.07, 6.45) is 37.1. The lowest BCUT2D eigenvalue weighted by Gasteiger charge is -2.21. The smallest absolute Gasteiger partial charge is 0.306 e. The Balaban J connectivity index is 3.74. The maximum absolute atomic E-state index is 12.5. The minimum absolute atomic E-state index is 0.0154. The summed E-state index contributed by atoms with van der Waals surface area (Å²) in [5.74, 6) is 0.00697. The SMILES string of the molecule is CCCCCCCOC(=O)CCCCCCCCCCN(CCO)CCCCCCCCCC(=O)OC(CCCCCC)CCCCCC. The predicted molar refractivity (Wildman–Crippen MR) is 209 cm³/mol. The van der Waals surface area contributed by atoms with Crippen LogP contribution in [0.2, 0.25) is 0 Å². The van der Waals surface area contributed by atoms with Gasteiger partial charge in [-0.15, -0.1) is 0 Å². The first-order valence-corrected chi connectivity index (χ1v) is 21.8. The van der Waals surface area contributed by atoms with Crippen LogP contribution in [0.25, 0.3) is 0 Å². The highest BCUT2D eigenvalue weighted by atomic mass is 16.5. The van der Waals surface area contributed by atoms with Crippen molar-refractivity contribution in [2.24, 2.45) is 0 Å². The van der Waals surface area contributed by atoms with E-state index in [1.165, 1.54) is 148 Å². The number of aliphatic hydroxyl groups excluding tert-OH is 1. The summed E-state index contributed by atoms with van der Waals surface area (Å²) >= 11 is 0. The van der Waals surface area contributed by atoms with Gasteiger partial charge in [0.1, 0.15) is 6.10 Å². The quantitative estimate of drug-likeness (QED) is 0.0508. The Morgan fingerprint density at radius 3 is 1.33 bits per heavy atom. The first kappa shape index (κ1) is 47.9. The molecule has 0 rings (SSSR count). The van der Waals surface area contributed by atoms with Crippen LogP contribution in [-0.4, -0.2) is 60.9 Å². The van der Waals surface area contributed by atoms with Crippen molar-refractivity contribution in [3.05, 3.63) is 0 Å². The van der Waals surface area contributed by atoms with Gasteiger partial charge >= 0.3 is 11.9 Å². The van der Waals surface area contributed by atoms with E-state index < -0.39 is 0 Å². The summed E-state index contributed by atoms with van der Waals surface area (Å²) in [6, 6.07) is 0. The van der Waals surface area contributed by atoms with Gasteiger partial charge in [0.15, 0.2) is 0 Å². The minimum atomic E-state index is -0.0154. The van der Waals surface area contributed by atoms with E-state index in [9.17, 15) is 14.7 Å². The summed E-state index contributed by atoms with van der Waals surface area (Å²) in [5.41, 5.74) is 0. The van der Waals surface area contributed by atoms with Crippen molar-refractivity contribution in [3.63, 3.8) is 0 Å². The lowest BCUT2D eigenvalue weighted by Crippen LogP contribution is -2.29. The van der Waals surface area contributed by atoms with Crippen LogP contribution < -0.4 is 0 Å². The van der Waals surface area contributed by atoms with Crippen LogP contribution in [0.5, 0.6) is 0 Å². The third kappa shape index (κ3) is 36.5. The molecule has 0 aliphatic carbocycles. The lowest BCUT2D eigenvalue weighted by molar-refractivity contribution is -0.150. The molecule has 0 aliphatic rings. The standard InChI is InChI=1S/C43H85NO5/c1-4-7-10-24-31-40-48-42(46)34-27-20-16-13-14-18-22-29-36-44(38-39-45)37-30-23-19-15-17-21-28-35-43(47)49-41(32-25-11-8-5-2)33-26-12-9-6-3/h41,45H,4-40H2,1-3H3. The maximum atomic E-state index is 12.5. The molecular weight excluding hydrogens is 610 g/mol. The lowest BCUT2D eigenvalue weighted by atomic mass is 10.0. The molecule has 0 saturated carbocycles. The molecule has 0 aromatic carbocycles. The van der Waals surface area contributed by atoms with Gasteiger partial charge < -0.3 is 19.5 Å². The van der Waals surface area contributed by atoms with Crippen LogP contribution >= 0.6 is 0 Å². The molecule has 292 valence electrons. The van der Waals surface area contributed by atoms with Crippen LogP contribution in [0.3, 0.4) is 0 Å². The molecular formula is C43H85NO5. The number of nitrogens with zero attached hydrogens (tertiary/aromatic N) is 1. The fourth-order valence-corrected chi connectivity index (χ4v) is 6.70. The average Bonchev–Trinajstić information content (AvgIpc) is 3.09. The van der Waals surface area contributed by atoms with Crippen molar-refractivity contribution in [3.8, 4) is 0 Å². The Labute approximate surface area is 305 Å². The number of hydrogen-bond acceptors (Lipinski definition) is 6. The molecule has 0 aromatic heterocycles. The summed E-state index contributed by atoms with van der Waals surface area (Å²) in [6.45, 7) is 10.5. The van der Waals surface area contributed by atoms with Gasteiger partial charge in [-0.05, 0) is 70.9 Å². The molecule has 0 aromatic rings. The van der Waals surface area contributed by atoms with Crippen molar-refractivity contribution in [1.29, 1.82) is 0 Å². The van der Waals surface area contributed by atoms with Gasteiger partial charge in [-0.3, -0.25) is 9.59 Å². The van der Waals surface area contributed by atoms with Crippen molar-refractivity contribution in [1.82, 2.24) is 4.90 Å². The second-order valence-electron chi connectivity index (χ2n) is 14.8.